The van der Waals surface area contributed by atoms with Crippen LogP contribution < -0.4 is 4.74 Å². The minimum absolute atomic E-state index is 0.0552. The molecule has 0 saturated carbocycles. The van der Waals surface area contributed by atoms with Gasteiger partial charge in [0.25, 0.3) is 0 Å². The summed E-state index contributed by atoms with van der Waals surface area (Å²) in [5.41, 5.74) is 1.17. The molecule has 0 aliphatic carbocycles. The zero-order chi connectivity index (χ0) is 21.4. The number of esters is 1. The van der Waals surface area contributed by atoms with Gasteiger partial charge in [-0.05, 0) is 62.4 Å². The van der Waals surface area contributed by atoms with E-state index in [1.807, 2.05) is 54.3 Å². The minimum atomic E-state index is -0.735. The summed E-state index contributed by atoms with van der Waals surface area (Å²) in [7, 11) is 1.63. The van der Waals surface area contributed by atoms with Crippen LogP contribution in [0.3, 0.4) is 0 Å². The van der Waals surface area contributed by atoms with Gasteiger partial charge in [0.2, 0.25) is 5.91 Å². The number of nitrogens with zero attached hydrogens (tertiary/aromatic N) is 2. The van der Waals surface area contributed by atoms with Gasteiger partial charge in [0, 0.05) is 31.4 Å². The van der Waals surface area contributed by atoms with E-state index in [4.69, 9.17) is 9.47 Å². The van der Waals surface area contributed by atoms with Crippen molar-refractivity contribution in [2.75, 3.05) is 26.8 Å². The average molecular weight is 411 g/mol. The first-order valence-electron chi connectivity index (χ1n) is 10.5. The second-order valence-corrected chi connectivity index (χ2v) is 7.77. The molecule has 6 heteroatoms. The van der Waals surface area contributed by atoms with Gasteiger partial charge in [-0.15, -0.1) is 0 Å². The number of amides is 1. The Kier molecular flexibility index (Phi) is 7.44. The van der Waals surface area contributed by atoms with E-state index in [2.05, 4.69) is 4.98 Å². The Morgan fingerprint density at radius 3 is 2.80 bits per heavy atom. The second kappa shape index (κ2) is 10.2. The summed E-state index contributed by atoms with van der Waals surface area (Å²) in [5, 5.41) is 0. The van der Waals surface area contributed by atoms with Crippen molar-refractivity contribution in [3.63, 3.8) is 0 Å². The fourth-order valence-electron chi connectivity index (χ4n) is 4.12. The van der Waals surface area contributed by atoms with Gasteiger partial charge in [0.1, 0.15) is 5.75 Å². The van der Waals surface area contributed by atoms with Gasteiger partial charge >= 0.3 is 5.97 Å². The SMILES string of the molecule is CCOC(=O)C1(Cc2cccc(OC)c2)CCCN(C(=O)CCc2ccccn2)C1. The number of pyridine rings is 1. The van der Waals surface area contributed by atoms with Crippen molar-refractivity contribution in [3.05, 3.63) is 59.9 Å². The highest BCUT2D eigenvalue weighted by Crippen LogP contribution is 2.36. The fourth-order valence-corrected chi connectivity index (χ4v) is 4.12. The summed E-state index contributed by atoms with van der Waals surface area (Å²) in [6, 6.07) is 13.5. The first kappa shape index (κ1) is 21.8. The molecule has 1 aromatic carbocycles. The van der Waals surface area contributed by atoms with Crippen LogP contribution in [-0.2, 0) is 27.2 Å². The van der Waals surface area contributed by atoms with Crippen molar-refractivity contribution < 1.29 is 19.1 Å². The Labute approximate surface area is 178 Å². The van der Waals surface area contributed by atoms with E-state index in [1.54, 1.807) is 13.3 Å². The number of aryl methyl sites for hydroxylation is 1. The zero-order valence-electron chi connectivity index (χ0n) is 17.8. The summed E-state index contributed by atoms with van der Waals surface area (Å²) in [4.78, 5) is 32.1. The number of hydrogen-bond donors (Lipinski definition) is 0. The maximum atomic E-state index is 13.0. The second-order valence-electron chi connectivity index (χ2n) is 7.77. The summed E-state index contributed by atoms with van der Waals surface area (Å²) in [5.74, 6) is 0.584. The number of rotatable bonds is 8. The van der Waals surface area contributed by atoms with Gasteiger partial charge in [-0.1, -0.05) is 18.2 Å². The van der Waals surface area contributed by atoms with Crippen molar-refractivity contribution in [1.82, 2.24) is 9.88 Å². The van der Waals surface area contributed by atoms with Crippen LogP contribution >= 0.6 is 0 Å². The van der Waals surface area contributed by atoms with Gasteiger partial charge in [0.05, 0.1) is 19.1 Å². The molecule has 1 aliphatic rings. The van der Waals surface area contributed by atoms with Crippen LogP contribution in [0.4, 0.5) is 0 Å². The molecule has 0 N–H and O–H groups in total. The van der Waals surface area contributed by atoms with E-state index in [-0.39, 0.29) is 11.9 Å². The van der Waals surface area contributed by atoms with Gasteiger partial charge in [-0.25, -0.2) is 0 Å². The number of carbonyl (C=O) groups is 2. The molecule has 1 atom stereocenters. The van der Waals surface area contributed by atoms with Crippen LogP contribution in [-0.4, -0.2) is 48.6 Å². The van der Waals surface area contributed by atoms with Crippen LogP contribution in [0, 0.1) is 5.41 Å². The Morgan fingerprint density at radius 1 is 1.20 bits per heavy atom. The molecule has 0 bridgehead atoms. The molecule has 1 saturated heterocycles. The third-order valence-corrected chi connectivity index (χ3v) is 5.64. The van der Waals surface area contributed by atoms with E-state index >= 15 is 0 Å². The Bertz CT molecular complexity index is 855. The van der Waals surface area contributed by atoms with Crippen LogP contribution in [0.1, 0.15) is 37.4 Å². The minimum Gasteiger partial charge on any atom is -0.497 e. The maximum Gasteiger partial charge on any atom is 0.314 e. The first-order valence-corrected chi connectivity index (χ1v) is 10.5. The van der Waals surface area contributed by atoms with Crippen LogP contribution in [0.15, 0.2) is 48.7 Å². The maximum absolute atomic E-state index is 13.0. The molecule has 2 aromatic rings. The number of benzene rings is 1. The third kappa shape index (κ3) is 5.38. The quantitative estimate of drug-likeness (QED) is 0.624. The van der Waals surface area contributed by atoms with Crippen LogP contribution in [0.2, 0.25) is 0 Å². The molecular formula is C24H30N2O4. The molecule has 1 fully saturated rings. The molecule has 1 unspecified atom stereocenters. The third-order valence-electron chi connectivity index (χ3n) is 5.64. The van der Waals surface area contributed by atoms with E-state index < -0.39 is 5.41 Å². The van der Waals surface area contributed by atoms with E-state index in [1.165, 1.54) is 0 Å². The van der Waals surface area contributed by atoms with Gasteiger partial charge in [0.15, 0.2) is 0 Å². The number of methoxy groups -OCH3 is 1. The van der Waals surface area contributed by atoms with Gasteiger partial charge < -0.3 is 14.4 Å². The van der Waals surface area contributed by atoms with Crippen LogP contribution in [0.25, 0.3) is 0 Å². The predicted molar refractivity (Wildman–Crippen MR) is 114 cm³/mol. The monoisotopic (exact) mass is 410 g/mol. The largest absolute Gasteiger partial charge is 0.497 e. The number of carbonyl (C=O) groups excluding carboxylic acids is 2. The van der Waals surface area contributed by atoms with Gasteiger partial charge in [-0.2, -0.15) is 0 Å². The summed E-state index contributed by atoms with van der Waals surface area (Å²) in [6.07, 6.45) is 4.71. The highest BCUT2D eigenvalue weighted by atomic mass is 16.5. The molecule has 2 heterocycles. The van der Waals surface area contributed by atoms with E-state index in [9.17, 15) is 9.59 Å². The zero-order valence-corrected chi connectivity index (χ0v) is 17.8. The molecule has 6 nitrogen and oxygen atoms in total. The highest BCUT2D eigenvalue weighted by molar-refractivity contribution is 5.81. The molecular weight excluding hydrogens is 380 g/mol. The Morgan fingerprint density at radius 2 is 2.07 bits per heavy atom. The smallest absolute Gasteiger partial charge is 0.314 e. The van der Waals surface area contributed by atoms with Crippen molar-refractivity contribution in [3.8, 4) is 5.75 Å². The standard InChI is InChI=1S/C24H30N2O4/c1-3-30-23(28)24(17-19-8-6-10-21(16-19)29-2)13-7-15-26(18-24)22(27)12-11-20-9-4-5-14-25-20/h4-6,8-10,14,16H,3,7,11-13,15,17-18H2,1-2H3. The number of piperidine rings is 1. The van der Waals surface area contributed by atoms with Crippen LogP contribution in [0.5, 0.6) is 5.75 Å². The number of likely N-dealkylation sites (tertiary alicyclic amines) is 1. The average Bonchev–Trinajstić information content (AvgIpc) is 2.78. The fraction of sp³-hybridized carbons (Fsp3) is 0.458. The topological polar surface area (TPSA) is 68.7 Å². The molecule has 1 aliphatic heterocycles. The van der Waals surface area contributed by atoms with Crippen molar-refractivity contribution in [1.29, 1.82) is 0 Å². The molecule has 1 amide bonds. The normalized spacial score (nSPS) is 18.7. The van der Waals surface area contributed by atoms with Crippen molar-refractivity contribution in [2.45, 2.75) is 39.0 Å². The lowest BCUT2D eigenvalue weighted by Gasteiger charge is -2.41. The first-order chi connectivity index (χ1) is 14.6. The Hall–Kier alpha value is -2.89. The molecule has 3 rings (SSSR count). The molecule has 1 aromatic heterocycles. The highest BCUT2D eigenvalue weighted by Gasteiger charge is 2.44. The molecule has 160 valence electrons. The molecule has 0 spiro atoms. The summed E-state index contributed by atoms with van der Waals surface area (Å²) >= 11 is 0. The summed E-state index contributed by atoms with van der Waals surface area (Å²) < 4.78 is 10.8. The van der Waals surface area contributed by atoms with Gasteiger partial charge in [-0.3, -0.25) is 14.6 Å². The van der Waals surface area contributed by atoms with Crippen molar-refractivity contribution >= 4 is 11.9 Å². The lowest BCUT2D eigenvalue weighted by Crippen LogP contribution is -2.51. The predicted octanol–water partition coefficient (Wildman–Crippen LogP) is 3.44. The van der Waals surface area contributed by atoms with Crippen molar-refractivity contribution in [2.24, 2.45) is 5.41 Å². The van der Waals surface area contributed by atoms with E-state index in [0.717, 1.165) is 23.4 Å². The number of aromatic nitrogens is 1. The molecule has 30 heavy (non-hydrogen) atoms. The Balaban J connectivity index is 1.75. The lowest BCUT2D eigenvalue weighted by atomic mass is 9.75. The summed E-state index contributed by atoms with van der Waals surface area (Å²) in [6.45, 7) is 3.19. The molecule has 0 radical (unpaired) electrons. The number of hydrogen-bond acceptors (Lipinski definition) is 5. The number of ether oxygens (including phenoxy) is 2. The van der Waals surface area contributed by atoms with E-state index in [0.29, 0.717) is 45.4 Å². The lowest BCUT2D eigenvalue weighted by molar-refractivity contribution is -0.160.